The molecule has 0 unspecified atom stereocenters. The standard InChI is InChI=1S/C22H31N3O/c1-4-22(23-5-2)25-16-14-24(15-17-25)19-12-10-18(11-13-19)20-8-6-7-9-21(20)26-3/h4-9,18-19H,1-2,10-17H2,3H3. The number of amidine groups is 1. The maximum absolute atomic E-state index is 5.56. The molecule has 1 aliphatic carbocycles. The number of hydrogen-bond donors (Lipinski definition) is 0. The molecule has 1 aliphatic heterocycles. The quantitative estimate of drug-likeness (QED) is 0.590. The molecule has 0 N–H and O–H groups in total. The average molecular weight is 354 g/mol. The van der Waals surface area contributed by atoms with Gasteiger partial charge in [0.05, 0.1) is 7.11 Å². The number of piperazine rings is 1. The summed E-state index contributed by atoms with van der Waals surface area (Å²) in [5.74, 6) is 2.62. The fourth-order valence-electron chi connectivity index (χ4n) is 4.43. The van der Waals surface area contributed by atoms with Crippen LogP contribution in [0.15, 0.2) is 54.7 Å². The fraction of sp³-hybridized carbons (Fsp3) is 0.500. The predicted molar refractivity (Wildman–Crippen MR) is 109 cm³/mol. The van der Waals surface area contributed by atoms with Crippen molar-refractivity contribution in [3.05, 3.63) is 55.3 Å². The van der Waals surface area contributed by atoms with Crippen LogP contribution in [0.4, 0.5) is 0 Å². The Kier molecular flexibility index (Phi) is 6.51. The van der Waals surface area contributed by atoms with Crippen LogP contribution in [0, 0.1) is 0 Å². The molecule has 0 radical (unpaired) electrons. The van der Waals surface area contributed by atoms with Gasteiger partial charge in [0.1, 0.15) is 11.6 Å². The average Bonchev–Trinajstić information content (AvgIpc) is 2.72. The van der Waals surface area contributed by atoms with E-state index in [4.69, 9.17) is 4.74 Å². The van der Waals surface area contributed by atoms with Crippen molar-refractivity contribution in [1.82, 2.24) is 9.80 Å². The van der Waals surface area contributed by atoms with E-state index in [1.807, 2.05) is 6.08 Å². The van der Waals surface area contributed by atoms with Gasteiger partial charge in [-0.05, 0) is 49.3 Å². The van der Waals surface area contributed by atoms with Crippen molar-refractivity contribution in [2.24, 2.45) is 4.99 Å². The van der Waals surface area contributed by atoms with E-state index in [0.717, 1.165) is 37.8 Å². The van der Waals surface area contributed by atoms with Crippen LogP contribution >= 0.6 is 0 Å². The van der Waals surface area contributed by atoms with E-state index in [-0.39, 0.29) is 0 Å². The number of ether oxygens (including phenoxy) is 1. The Labute approximate surface area is 157 Å². The molecule has 1 aromatic carbocycles. The minimum Gasteiger partial charge on any atom is -0.496 e. The molecule has 1 saturated heterocycles. The Bertz CT molecular complexity index is 639. The van der Waals surface area contributed by atoms with Crippen molar-refractivity contribution in [3.63, 3.8) is 0 Å². The van der Waals surface area contributed by atoms with Gasteiger partial charge >= 0.3 is 0 Å². The Hall–Kier alpha value is -2.07. The van der Waals surface area contributed by atoms with Crippen LogP contribution in [-0.4, -0.2) is 55.0 Å². The molecule has 0 bridgehead atoms. The van der Waals surface area contributed by atoms with Gasteiger partial charge in [0, 0.05) is 38.4 Å². The highest BCUT2D eigenvalue weighted by Crippen LogP contribution is 2.38. The van der Waals surface area contributed by atoms with Crippen molar-refractivity contribution in [3.8, 4) is 5.75 Å². The molecule has 140 valence electrons. The largest absolute Gasteiger partial charge is 0.496 e. The highest BCUT2D eigenvalue weighted by molar-refractivity contribution is 5.92. The van der Waals surface area contributed by atoms with Crippen LogP contribution in [0.5, 0.6) is 5.75 Å². The van der Waals surface area contributed by atoms with Crippen LogP contribution in [0.2, 0.25) is 0 Å². The maximum Gasteiger partial charge on any atom is 0.127 e. The van der Waals surface area contributed by atoms with E-state index in [1.54, 1.807) is 13.3 Å². The topological polar surface area (TPSA) is 28.1 Å². The number of aliphatic imine (C=N–C) groups is 1. The van der Waals surface area contributed by atoms with Gasteiger partial charge in [-0.2, -0.15) is 0 Å². The highest BCUT2D eigenvalue weighted by Gasteiger charge is 2.30. The number of nitrogens with zero attached hydrogens (tertiary/aromatic N) is 3. The van der Waals surface area contributed by atoms with Crippen molar-refractivity contribution in [2.75, 3.05) is 33.3 Å². The molecular formula is C22H31N3O. The van der Waals surface area contributed by atoms with E-state index in [1.165, 1.54) is 31.2 Å². The lowest BCUT2D eigenvalue weighted by atomic mass is 9.80. The minimum atomic E-state index is 0.635. The summed E-state index contributed by atoms with van der Waals surface area (Å²) in [6, 6.07) is 9.22. The second kappa shape index (κ2) is 9.04. The van der Waals surface area contributed by atoms with Crippen LogP contribution in [0.25, 0.3) is 0 Å². The van der Waals surface area contributed by atoms with Crippen molar-refractivity contribution in [2.45, 2.75) is 37.6 Å². The SMILES string of the molecule is C=CN=C(C=C)N1CCN(C2CCC(c3ccccc3OC)CC2)CC1. The summed E-state index contributed by atoms with van der Waals surface area (Å²) in [6.45, 7) is 11.8. The molecule has 0 aromatic heterocycles. The van der Waals surface area contributed by atoms with E-state index >= 15 is 0 Å². The smallest absolute Gasteiger partial charge is 0.127 e. The highest BCUT2D eigenvalue weighted by atomic mass is 16.5. The van der Waals surface area contributed by atoms with Gasteiger partial charge in [-0.3, -0.25) is 4.90 Å². The molecule has 1 aromatic rings. The molecule has 1 saturated carbocycles. The lowest BCUT2D eigenvalue weighted by Gasteiger charge is -2.42. The number of hydrogen-bond acceptors (Lipinski definition) is 3. The molecular weight excluding hydrogens is 322 g/mol. The fourth-order valence-corrected chi connectivity index (χ4v) is 4.43. The van der Waals surface area contributed by atoms with Gasteiger partial charge in [-0.1, -0.05) is 31.4 Å². The van der Waals surface area contributed by atoms with Crippen LogP contribution in [0.3, 0.4) is 0 Å². The van der Waals surface area contributed by atoms with Crippen molar-refractivity contribution < 1.29 is 4.74 Å². The zero-order chi connectivity index (χ0) is 18.4. The first-order valence-corrected chi connectivity index (χ1v) is 9.70. The molecule has 26 heavy (non-hydrogen) atoms. The molecule has 4 heteroatoms. The second-order valence-electron chi connectivity index (χ2n) is 7.14. The zero-order valence-electron chi connectivity index (χ0n) is 15.9. The summed E-state index contributed by atoms with van der Waals surface area (Å²) in [7, 11) is 1.77. The summed E-state index contributed by atoms with van der Waals surface area (Å²) in [6.07, 6.45) is 8.48. The summed E-state index contributed by atoms with van der Waals surface area (Å²) >= 11 is 0. The number of methoxy groups -OCH3 is 1. The Morgan fingerprint density at radius 1 is 1.08 bits per heavy atom. The molecule has 0 atom stereocenters. The first-order chi connectivity index (χ1) is 12.8. The van der Waals surface area contributed by atoms with Crippen LogP contribution in [0.1, 0.15) is 37.2 Å². The third kappa shape index (κ3) is 4.18. The number of benzene rings is 1. The van der Waals surface area contributed by atoms with Gasteiger partial charge in [-0.15, -0.1) is 0 Å². The van der Waals surface area contributed by atoms with E-state index in [9.17, 15) is 0 Å². The monoisotopic (exact) mass is 353 g/mol. The summed E-state index contributed by atoms with van der Waals surface area (Å²) in [4.78, 5) is 9.30. The molecule has 2 aliphatic rings. The Morgan fingerprint density at radius 3 is 2.38 bits per heavy atom. The first-order valence-electron chi connectivity index (χ1n) is 9.70. The van der Waals surface area contributed by atoms with E-state index in [2.05, 4.69) is 52.2 Å². The molecule has 0 amide bonds. The normalized spacial score (nSPS) is 25.0. The third-order valence-electron chi connectivity index (χ3n) is 5.84. The molecule has 1 heterocycles. The lowest BCUT2D eigenvalue weighted by Crippen LogP contribution is -2.52. The van der Waals surface area contributed by atoms with Gasteiger partial charge in [-0.25, -0.2) is 4.99 Å². The predicted octanol–water partition coefficient (Wildman–Crippen LogP) is 4.07. The molecule has 0 spiro atoms. The molecule has 3 rings (SSSR count). The Morgan fingerprint density at radius 2 is 1.77 bits per heavy atom. The number of para-hydroxylation sites is 1. The summed E-state index contributed by atoms with van der Waals surface area (Å²) in [5, 5.41) is 0. The van der Waals surface area contributed by atoms with Crippen LogP contribution in [-0.2, 0) is 0 Å². The van der Waals surface area contributed by atoms with Crippen LogP contribution < -0.4 is 4.74 Å². The minimum absolute atomic E-state index is 0.635. The van der Waals surface area contributed by atoms with Gasteiger partial charge < -0.3 is 9.64 Å². The van der Waals surface area contributed by atoms with Crippen molar-refractivity contribution in [1.29, 1.82) is 0 Å². The summed E-state index contributed by atoms with van der Waals surface area (Å²) < 4.78 is 5.56. The van der Waals surface area contributed by atoms with E-state index < -0.39 is 0 Å². The maximum atomic E-state index is 5.56. The molecule has 4 nitrogen and oxygen atoms in total. The lowest BCUT2D eigenvalue weighted by molar-refractivity contribution is 0.103. The first kappa shape index (κ1) is 18.7. The Balaban J connectivity index is 1.52. The van der Waals surface area contributed by atoms with Gasteiger partial charge in [0.25, 0.3) is 0 Å². The van der Waals surface area contributed by atoms with E-state index in [0.29, 0.717) is 12.0 Å². The molecule has 2 fully saturated rings. The summed E-state index contributed by atoms with van der Waals surface area (Å²) in [5.41, 5.74) is 1.38. The van der Waals surface area contributed by atoms with Gasteiger partial charge in [0.2, 0.25) is 0 Å². The zero-order valence-corrected chi connectivity index (χ0v) is 15.9. The number of rotatable bonds is 5. The van der Waals surface area contributed by atoms with Gasteiger partial charge in [0.15, 0.2) is 0 Å². The van der Waals surface area contributed by atoms with Crippen molar-refractivity contribution >= 4 is 5.84 Å². The third-order valence-corrected chi connectivity index (χ3v) is 5.84. The second-order valence-corrected chi connectivity index (χ2v) is 7.14.